The number of thiophene rings is 1. The first-order chi connectivity index (χ1) is 8.29. The predicted octanol–water partition coefficient (Wildman–Crippen LogP) is 1.29. The van der Waals surface area contributed by atoms with Crippen molar-refractivity contribution >= 4 is 29.0 Å². The molecule has 0 aromatic carbocycles. The van der Waals surface area contributed by atoms with E-state index in [1.807, 2.05) is 23.6 Å². The van der Waals surface area contributed by atoms with Gasteiger partial charge in [-0.15, -0.1) is 11.3 Å². The molecule has 2 aromatic heterocycles. The zero-order valence-corrected chi connectivity index (χ0v) is 10.4. The number of rotatable bonds is 4. The highest BCUT2D eigenvalue weighted by atomic mass is 32.2. The zero-order chi connectivity index (χ0) is 12.1. The second kappa shape index (κ2) is 5.76. The van der Waals surface area contributed by atoms with Crippen LogP contribution in [0.25, 0.3) is 10.6 Å². The van der Waals surface area contributed by atoms with Crippen LogP contribution in [0.5, 0.6) is 0 Å². The minimum atomic E-state index is -0.250. The van der Waals surface area contributed by atoms with Crippen molar-refractivity contribution < 1.29 is 4.79 Å². The average molecular weight is 266 g/mol. The largest absolute Gasteiger partial charge is 0.294 e. The summed E-state index contributed by atoms with van der Waals surface area (Å²) >= 11 is 2.87. The van der Waals surface area contributed by atoms with Crippen molar-refractivity contribution in [3.8, 4) is 10.6 Å². The van der Waals surface area contributed by atoms with E-state index in [1.54, 1.807) is 17.5 Å². The summed E-state index contributed by atoms with van der Waals surface area (Å²) in [5.74, 6) is 4.95. The van der Waals surface area contributed by atoms with E-state index in [1.165, 1.54) is 11.8 Å². The molecule has 7 heteroatoms. The van der Waals surface area contributed by atoms with E-state index in [-0.39, 0.29) is 11.7 Å². The molecule has 0 spiro atoms. The first-order valence-corrected chi connectivity index (χ1v) is 6.65. The molecule has 5 nitrogen and oxygen atoms in total. The number of nitrogens with two attached hydrogens (primary N) is 1. The van der Waals surface area contributed by atoms with Crippen LogP contribution in [0.3, 0.4) is 0 Å². The Morgan fingerprint density at radius 2 is 2.41 bits per heavy atom. The van der Waals surface area contributed by atoms with Crippen LogP contribution in [0.1, 0.15) is 0 Å². The maximum Gasteiger partial charge on any atom is 0.244 e. The minimum absolute atomic E-state index is 0.213. The summed E-state index contributed by atoms with van der Waals surface area (Å²) in [6, 6.07) is 5.81. The van der Waals surface area contributed by atoms with Crippen LogP contribution >= 0.6 is 23.1 Å². The fourth-order valence-corrected chi connectivity index (χ4v) is 2.48. The van der Waals surface area contributed by atoms with Gasteiger partial charge in [-0.3, -0.25) is 10.2 Å². The topological polar surface area (TPSA) is 80.9 Å². The van der Waals surface area contributed by atoms with Gasteiger partial charge in [0.15, 0.2) is 5.16 Å². The number of hydrogen-bond donors (Lipinski definition) is 2. The lowest BCUT2D eigenvalue weighted by Crippen LogP contribution is -2.31. The van der Waals surface area contributed by atoms with Gasteiger partial charge in [-0.05, 0) is 17.5 Å². The molecular formula is C10H10N4OS2. The fraction of sp³-hybridized carbons (Fsp3) is 0.100. The van der Waals surface area contributed by atoms with Crippen LogP contribution in [-0.2, 0) is 4.79 Å². The van der Waals surface area contributed by atoms with E-state index in [4.69, 9.17) is 5.84 Å². The Hall–Kier alpha value is -1.44. The minimum Gasteiger partial charge on any atom is -0.294 e. The smallest absolute Gasteiger partial charge is 0.244 e. The fourth-order valence-electron chi connectivity index (χ4n) is 1.14. The quantitative estimate of drug-likeness (QED) is 0.286. The summed E-state index contributed by atoms with van der Waals surface area (Å²) in [6.45, 7) is 0. The second-order valence-electron chi connectivity index (χ2n) is 3.06. The molecule has 0 saturated carbocycles. The molecule has 88 valence electrons. The molecule has 17 heavy (non-hydrogen) atoms. The highest BCUT2D eigenvalue weighted by Gasteiger charge is 2.05. The van der Waals surface area contributed by atoms with E-state index < -0.39 is 0 Å². The van der Waals surface area contributed by atoms with Crippen molar-refractivity contribution in [3.05, 3.63) is 29.8 Å². The Bertz CT molecular complexity index is 501. The number of nitrogens with one attached hydrogen (secondary N) is 1. The van der Waals surface area contributed by atoms with Crippen LogP contribution < -0.4 is 11.3 Å². The number of amides is 1. The van der Waals surface area contributed by atoms with E-state index >= 15 is 0 Å². The number of carbonyl (C=O) groups excluding carboxylic acids is 1. The van der Waals surface area contributed by atoms with Gasteiger partial charge in [-0.2, -0.15) is 0 Å². The standard InChI is InChI=1S/C10H10N4OS2/c11-14-9(15)6-17-10-12-4-3-7(13-10)8-2-1-5-16-8/h1-5H,6,11H2,(H,14,15). The van der Waals surface area contributed by atoms with Crippen LogP contribution in [0.4, 0.5) is 0 Å². The lowest BCUT2D eigenvalue weighted by Gasteiger charge is -2.01. The van der Waals surface area contributed by atoms with Crippen LogP contribution in [0.15, 0.2) is 34.9 Å². The number of hydrogen-bond acceptors (Lipinski definition) is 6. The summed E-state index contributed by atoms with van der Waals surface area (Å²) < 4.78 is 0. The number of carbonyl (C=O) groups is 1. The third kappa shape index (κ3) is 3.26. The summed E-state index contributed by atoms with van der Waals surface area (Å²) in [7, 11) is 0. The second-order valence-corrected chi connectivity index (χ2v) is 4.95. The van der Waals surface area contributed by atoms with Gasteiger partial charge < -0.3 is 0 Å². The molecule has 0 aliphatic rings. The van der Waals surface area contributed by atoms with Crippen LogP contribution in [0.2, 0.25) is 0 Å². The highest BCUT2D eigenvalue weighted by Crippen LogP contribution is 2.23. The molecule has 0 aliphatic carbocycles. The summed E-state index contributed by atoms with van der Waals surface area (Å²) in [5.41, 5.74) is 2.93. The van der Waals surface area contributed by atoms with Crippen molar-refractivity contribution in [1.82, 2.24) is 15.4 Å². The predicted molar refractivity (Wildman–Crippen MR) is 68.4 cm³/mol. The SMILES string of the molecule is NNC(=O)CSc1nccc(-c2cccs2)n1. The lowest BCUT2D eigenvalue weighted by molar-refractivity contribution is -0.118. The summed E-state index contributed by atoms with van der Waals surface area (Å²) in [6.07, 6.45) is 1.69. The lowest BCUT2D eigenvalue weighted by atomic mass is 10.3. The Kier molecular flexibility index (Phi) is 4.08. The molecule has 1 amide bonds. The molecule has 0 fully saturated rings. The molecule has 0 radical (unpaired) electrons. The van der Waals surface area contributed by atoms with Crippen molar-refractivity contribution in [2.45, 2.75) is 5.16 Å². The molecule has 2 aromatic rings. The van der Waals surface area contributed by atoms with Crippen molar-refractivity contribution in [3.63, 3.8) is 0 Å². The summed E-state index contributed by atoms with van der Waals surface area (Å²) in [5, 5.41) is 2.56. The highest BCUT2D eigenvalue weighted by molar-refractivity contribution is 7.99. The molecule has 0 aliphatic heterocycles. The third-order valence-electron chi connectivity index (χ3n) is 1.90. The third-order valence-corrected chi connectivity index (χ3v) is 3.65. The van der Waals surface area contributed by atoms with Gasteiger partial charge in [0.1, 0.15) is 0 Å². The Balaban J connectivity index is 2.09. The van der Waals surface area contributed by atoms with E-state index in [2.05, 4.69) is 15.4 Å². The van der Waals surface area contributed by atoms with Gasteiger partial charge >= 0.3 is 0 Å². The Morgan fingerprint density at radius 1 is 1.53 bits per heavy atom. The van der Waals surface area contributed by atoms with Crippen LogP contribution in [-0.4, -0.2) is 21.6 Å². The van der Waals surface area contributed by atoms with Crippen molar-refractivity contribution in [2.75, 3.05) is 5.75 Å². The number of hydrazine groups is 1. The van der Waals surface area contributed by atoms with Gasteiger partial charge in [0.05, 0.1) is 16.3 Å². The maximum atomic E-state index is 11.0. The first-order valence-electron chi connectivity index (χ1n) is 4.79. The number of thioether (sulfide) groups is 1. The molecule has 0 unspecified atom stereocenters. The maximum absolute atomic E-state index is 11.0. The molecule has 0 atom stereocenters. The van der Waals surface area contributed by atoms with Gasteiger partial charge in [0.2, 0.25) is 5.91 Å². The van der Waals surface area contributed by atoms with Gasteiger partial charge in [-0.25, -0.2) is 15.8 Å². The first kappa shape index (κ1) is 12.0. The van der Waals surface area contributed by atoms with Crippen LogP contribution in [0, 0.1) is 0 Å². The molecule has 0 bridgehead atoms. The van der Waals surface area contributed by atoms with Gasteiger partial charge in [-0.1, -0.05) is 17.8 Å². The Labute approximate surface area is 106 Å². The average Bonchev–Trinajstić information content (AvgIpc) is 2.90. The molecule has 0 saturated heterocycles. The molecule has 2 heterocycles. The summed E-state index contributed by atoms with van der Waals surface area (Å²) in [4.78, 5) is 20.5. The van der Waals surface area contributed by atoms with Gasteiger partial charge in [0, 0.05) is 6.20 Å². The monoisotopic (exact) mass is 266 g/mol. The van der Waals surface area contributed by atoms with E-state index in [0.29, 0.717) is 5.16 Å². The van der Waals surface area contributed by atoms with Gasteiger partial charge in [0.25, 0.3) is 0 Å². The molecule has 3 N–H and O–H groups in total. The van der Waals surface area contributed by atoms with E-state index in [9.17, 15) is 4.79 Å². The molecule has 2 rings (SSSR count). The Morgan fingerprint density at radius 3 is 3.12 bits per heavy atom. The van der Waals surface area contributed by atoms with E-state index in [0.717, 1.165) is 10.6 Å². The van der Waals surface area contributed by atoms with Crippen molar-refractivity contribution in [2.24, 2.45) is 5.84 Å². The van der Waals surface area contributed by atoms with Crippen molar-refractivity contribution in [1.29, 1.82) is 0 Å². The number of aromatic nitrogens is 2. The normalized spacial score (nSPS) is 10.2. The zero-order valence-electron chi connectivity index (χ0n) is 8.79. The number of nitrogens with zero attached hydrogens (tertiary/aromatic N) is 2. The molecular weight excluding hydrogens is 256 g/mol.